The van der Waals surface area contributed by atoms with Crippen LogP contribution < -0.4 is 5.73 Å². The van der Waals surface area contributed by atoms with Gasteiger partial charge in [0.25, 0.3) is 0 Å². The Bertz CT molecular complexity index is 361. The van der Waals surface area contributed by atoms with Gasteiger partial charge in [-0.2, -0.15) is 13.2 Å². The molecule has 2 N–H and O–H groups in total. The van der Waals surface area contributed by atoms with Crippen LogP contribution in [0.25, 0.3) is 0 Å². The van der Waals surface area contributed by atoms with Gasteiger partial charge in [-0.3, -0.25) is 0 Å². The molecule has 0 saturated heterocycles. The summed E-state index contributed by atoms with van der Waals surface area (Å²) in [6.45, 7) is 0. The average molecular weight is 239 g/mol. The second kappa shape index (κ2) is 4.78. The standard InChI is InChI=1S/C10H10F5N/c11-8-2-1-6(4-9(8)12)3-7(16)5-10(13,14)15/h1-2,4,7H,3,5,16H2. The maximum atomic E-state index is 12.7. The molecule has 90 valence electrons. The Labute approximate surface area is 89.1 Å². The molecular weight excluding hydrogens is 229 g/mol. The molecule has 0 aliphatic rings. The summed E-state index contributed by atoms with van der Waals surface area (Å²) in [4.78, 5) is 0. The molecular formula is C10H10F5N. The molecule has 16 heavy (non-hydrogen) atoms. The van der Waals surface area contributed by atoms with Gasteiger partial charge >= 0.3 is 6.18 Å². The molecule has 0 aliphatic heterocycles. The van der Waals surface area contributed by atoms with Gasteiger partial charge in [-0.25, -0.2) is 8.78 Å². The Hall–Kier alpha value is -1.17. The Morgan fingerprint density at radius 2 is 1.75 bits per heavy atom. The lowest BCUT2D eigenvalue weighted by Gasteiger charge is -2.14. The van der Waals surface area contributed by atoms with E-state index in [1.165, 1.54) is 6.07 Å². The zero-order chi connectivity index (χ0) is 12.3. The van der Waals surface area contributed by atoms with Crippen LogP contribution in [0.2, 0.25) is 0 Å². The van der Waals surface area contributed by atoms with E-state index in [2.05, 4.69) is 0 Å². The van der Waals surface area contributed by atoms with E-state index in [0.717, 1.165) is 12.1 Å². The molecule has 1 rings (SSSR count). The van der Waals surface area contributed by atoms with E-state index < -0.39 is 30.3 Å². The third-order valence-corrected chi connectivity index (χ3v) is 1.98. The molecule has 0 saturated carbocycles. The molecule has 0 radical (unpaired) electrons. The van der Waals surface area contributed by atoms with Crippen molar-refractivity contribution in [2.45, 2.75) is 25.1 Å². The maximum absolute atomic E-state index is 12.7. The summed E-state index contributed by atoms with van der Waals surface area (Å²) in [6, 6.07) is 1.79. The summed E-state index contributed by atoms with van der Waals surface area (Å²) < 4.78 is 61.1. The largest absolute Gasteiger partial charge is 0.390 e. The summed E-state index contributed by atoms with van der Waals surface area (Å²) >= 11 is 0. The van der Waals surface area contributed by atoms with E-state index in [1.807, 2.05) is 0 Å². The Balaban J connectivity index is 2.63. The summed E-state index contributed by atoms with van der Waals surface area (Å²) in [5.74, 6) is -2.12. The first-order valence-electron chi connectivity index (χ1n) is 4.54. The molecule has 0 amide bonds. The Morgan fingerprint density at radius 1 is 1.12 bits per heavy atom. The number of hydrogen-bond acceptors (Lipinski definition) is 1. The molecule has 1 unspecified atom stereocenters. The predicted molar refractivity (Wildman–Crippen MR) is 48.7 cm³/mol. The molecule has 1 aromatic rings. The van der Waals surface area contributed by atoms with Gasteiger partial charge in [-0.1, -0.05) is 6.07 Å². The highest BCUT2D eigenvalue weighted by Gasteiger charge is 2.30. The van der Waals surface area contributed by atoms with Gasteiger partial charge < -0.3 is 5.73 Å². The first kappa shape index (κ1) is 12.9. The molecule has 1 aromatic carbocycles. The van der Waals surface area contributed by atoms with Gasteiger partial charge in [0, 0.05) is 6.04 Å². The molecule has 1 atom stereocenters. The van der Waals surface area contributed by atoms with Crippen LogP contribution in [0.1, 0.15) is 12.0 Å². The summed E-state index contributed by atoms with van der Waals surface area (Å²) in [6.07, 6.45) is -5.64. The Morgan fingerprint density at radius 3 is 2.25 bits per heavy atom. The van der Waals surface area contributed by atoms with E-state index in [9.17, 15) is 22.0 Å². The maximum Gasteiger partial charge on any atom is 0.390 e. The van der Waals surface area contributed by atoms with Gasteiger partial charge in [0.05, 0.1) is 6.42 Å². The third-order valence-electron chi connectivity index (χ3n) is 1.98. The van der Waals surface area contributed by atoms with Crippen molar-refractivity contribution < 1.29 is 22.0 Å². The number of alkyl halides is 3. The van der Waals surface area contributed by atoms with Gasteiger partial charge in [0.15, 0.2) is 11.6 Å². The van der Waals surface area contributed by atoms with E-state index in [4.69, 9.17) is 5.73 Å². The smallest absolute Gasteiger partial charge is 0.327 e. The van der Waals surface area contributed by atoms with Crippen molar-refractivity contribution in [3.8, 4) is 0 Å². The highest BCUT2D eigenvalue weighted by Crippen LogP contribution is 2.22. The minimum atomic E-state index is -4.35. The van der Waals surface area contributed by atoms with Gasteiger partial charge in [-0.15, -0.1) is 0 Å². The number of nitrogens with two attached hydrogens (primary N) is 1. The van der Waals surface area contributed by atoms with Crippen LogP contribution in [-0.4, -0.2) is 12.2 Å². The van der Waals surface area contributed by atoms with Crippen molar-refractivity contribution in [1.29, 1.82) is 0 Å². The fraction of sp³-hybridized carbons (Fsp3) is 0.400. The van der Waals surface area contributed by atoms with Gasteiger partial charge in [-0.05, 0) is 24.1 Å². The zero-order valence-electron chi connectivity index (χ0n) is 8.19. The summed E-state index contributed by atoms with van der Waals surface area (Å²) in [7, 11) is 0. The quantitative estimate of drug-likeness (QED) is 0.806. The highest BCUT2D eigenvalue weighted by molar-refractivity contribution is 5.18. The second-order valence-electron chi connectivity index (χ2n) is 3.53. The van der Waals surface area contributed by atoms with Crippen LogP contribution in [0.5, 0.6) is 0 Å². The predicted octanol–water partition coefficient (Wildman–Crippen LogP) is 2.79. The minimum Gasteiger partial charge on any atom is -0.327 e. The molecule has 0 fully saturated rings. The number of rotatable bonds is 3. The molecule has 0 spiro atoms. The highest BCUT2D eigenvalue weighted by atomic mass is 19.4. The summed E-state index contributed by atoms with van der Waals surface area (Å²) in [5.41, 5.74) is 5.49. The normalized spacial score (nSPS) is 13.9. The van der Waals surface area contributed by atoms with Crippen molar-refractivity contribution in [3.05, 3.63) is 35.4 Å². The van der Waals surface area contributed by atoms with Crippen LogP contribution in [0.3, 0.4) is 0 Å². The zero-order valence-corrected chi connectivity index (χ0v) is 8.19. The molecule has 1 nitrogen and oxygen atoms in total. The van der Waals surface area contributed by atoms with Crippen molar-refractivity contribution in [1.82, 2.24) is 0 Å². The van der Waals surface area contributed by atoms with Gasteiger partial charge in [0.1, 0.15) is 0 Å². The van der Waals surface area contributed by atoms with Crippen molar-refractivity contribution >= 4 is 0 Å². The SMILES string of the molecule is NC(Cc1ccc(F)c(F)c1)CC(F)(F)F. The number of halogens is 5. The lowest BCUT2D eigenvalue weighted by atomic mass is 10.0. The van der Waals surface area contributed by atoms with E-state index in [0.29, 0.717) is 0 Å². The van der Waals surface area contributed by atoms with Crippen molar-refractivity contribution in [2.75, 3.05) is 0 Å². The minimum absolute atomic E-state index is 0.142. The van der Waals surface area contributed by atoms with E-state index >= 15 is 0 Å². The topological polar surface area (TPSA) is 26.0 Å². The van der Waals surface area contributed by atoms with Crippen LogP contribution in [-0.2, 0) is 6.42 Å². The number of benzene rings is 1. The van der Waals surface area contributed by atoms with Crippen molar-refractivity contribution in [2.24, 2.45) is 5.73 Å². The second-order valence-corrected chi connectivity index (χ2v) is 3.53. The van der Waals surface area contributed by atoms with E-state index in [-0.39, 0.29) is 12.0 Å². The van der Waals surface area contributed by atoms with Crippen molar-refractivity contribution in [3.63, 3.8) is 0 Å². The lowest BCUT2D eigenvalue weighted by molar-refractivity contribution is -0.138. The lowest BCUT2D eigenvalue weighted by Crippen LogP contribution is -2.29. The van der Waals surface area contributed by atoms with Crippen LogP contribution in [0, 0.1) is 11.6 Å². The monoisotopic (exact) mass is 239 g/mol. The number of hydrogen-bond donors (Lipinski definition) is 1. The van der Waals surface area contributed by atoms with Crippen LogP contribution in [0.15, 0.2) is 18.2 Å². The van der Waals surface area contributed by atoms with Crippen LogP contribution in [0.4, 0.5) is 22.0 Å². The fourth-order valence-corrected chi connectivity index (χ4v) is 1.34. The van der Waals surface area contributed by atoms with Gasteiger partial charge in [0.2, 0.25) is 0 Å². The first-order valence-corrected chi connectivity index (χ1v) is 4.54. The molecule has 0 bridgehead atoms. The average Bonchev–Trinajstić information content (AvgIpc) is 2.08. The summed E-state index contributed by atoms with van der Waals surface area (Å²) in [5, 5.41) is 0. The van der Waals surface area contributed by atoms with Crippen LogP contribution >= 0.6 is 0 Å². The molecule has 0 aromatic heterocycles. The Kier molecular flexibility index (Phi) is 3.85. The fourth-order valence-electron chi connectivity index (χ4n) is 1.34. The first-order chi connectivity index (χ1) is 7.28. The third kappa shape index (κ3) is 4.14. The molecule has 0 aliphatic carbocycles. The molecule has 0 heterocycles. The molecule has 6 heteroatoms. The van der Waals surface area contributed by atoms with E-state index in [1.54, 1.807) is 0 Å².